The van der Waals surface area contributed by atoms with Crippen LogP contribution in [0, 0.1) is 23.0 Å². The van der Waals surface area contributed by atoms with E-state index in [1.54, 1.807) is 17.0 Å². The lowest BCUT2D eigenvalue weighted by atomic mass is 10.1. The summed E-state index contributed by atoms with van der Waals surface area (Å²) < 4.78 is 0. The van der Waals surface area contributed by atoms with Crippen LogP contribution in [0.2, 0.25) is 0 Å². The number of aryl methyl sites for hydroxylation is 1. The van der Waals surface area contributed by atoms with Gasteiger partial charge in [0.25, 0.3) is 5.69 Å². The van der Waals surface area contributed by atoms with Crippen LogP contribution in [0.15, 0.2) is 48.5 Å². The first kappa shape index (κ1) is 19.9. The molecule has 2 aromatic carbocycles. The second-order valence-corrected chi connectivity index (χ2v) is 7.78. The molecule has 2 aliphatic rings. The van der Waals surface area contributed by atoms with Crippen molar-refractivity contribution in [2.45, 2.75) is 13.3 Å². The van der Waals surface area contributed by atoms with E-state index in [0.717, 1.165) is 16.9 Å². The molecule has 0 bridgehead atoms. The van der Waals surface area contributed by atoms with Crippen molar-refractivity contribution >= 4 is 28.9 Å². The molecule has 0 aliphatic carbocycles. The minimum Gasteiger partial charge on any atom is -0.368 e. The van der Waals surface area contributed by atoms with E-state index >= 15 is 0 Å². The van der Waals surface area contributed by atoms with Crippen molar-refractivity contribution in [3.8, 4) is 0 Å². The summed E-state index contributed by atoms with van der Waals surface area (Å²) in [6.45, 7) is 4.85. The second-order valence-electron chi connectivity index (χ2n) is 7.78. The molecule has 8 nitrogen and oxygen atoms in total. The normalized spacial score (nSPS) is 19.3. The lowest BCUT2D eigenvalue weighted by molar-refractivity contribution is -0.384. The van der Waals surface area contributed by atoms with E-state index in [1.807, 2.05) is 36.1 Å². The number of non-ortho nitro benzene ring substituents is 1. The van der Waals surface area contributed by atoms with Gasteiger partial charge in [0, 0.05) is 62.7 Å². The first-order chi connectivity index (χ1) is 14.4. The van der Waals surface area contributed by atoms with Crippen LogP contribution in [0.5, 0.6) is 0 Å². The Kier molecular flexibility index (Phi) is 5.39. The highest BCUT2D eigenvalue weighted by Gasteiger charge is 2.38. The Labute approximate surface area is 174 Å². The fourth-order valence-corrected chi connectivity index (χ4v) is 4.20. The zero-order valence-electron chi connectivity index (χ0n) is 16.9. The third kappa shape index (κ3) is 3.85. The zero-order valence-corrected chi connectivity index (χ0v) is 16.9. The molecule has 1 atom stereocenters. The number of nitro benzene ring substituents is 1. The van der Waals surface area contributed by atoms with Gasteiger partial charge in [-0.05, 0) is 30.7 Å². The topological polar surface area (TPSA) is 87.0 Å². The van der Waals surface area contributed by atoms with E-state index in [1.165, 1.54) is 12.1 Å². The molecule has 0 radical (unpaired) electrons. The summed E-state index contributed by atoms with van der Waals surface area (Å²) in [6.07, 6.45) is 0.246. The monoisotopic (exact) mass is 408 g/mol. The van der Waals surface area contributed by atoms with Crippen LogP contribution in [-0.4, -0.2) is 54.4 Å². The van der Waals surface area contributed by atoms with Gasteiger partial charge in [0.05, 0.1) is 10.8 Å². The smallest absolute Gasteiger partial charge is 0.269 e. The van der Waals surface area contributed by atoms with Gasteiger partial charge in [0.1, 0.15) is 0 Å². The van der Waals surface area contributed by atoms with Crippen LogP contribution in [-0.2, 0) is 9.59 Å². The van der Waals surface area contributed by atoms with Gasteiger partial charge in [-0.15, -0.1) is 0 Å². The highest BCUT2D eigenvalue weighted by Crippen LogP contribution is 2.29. The molecular formula is C22H24N4O4. The summed E-state index contributed by atoms with van der Waals surface area (Å²) in [5.74, 6) is -0.294. The van der Waals surface area contributed by atoms with Crippen LogP contribution in [0.3, 0.4) is 0 Å². The van der Waals surface area contributed by atoms with Crippen molar-refractivity contribution in [3.05, 3.63) is 64.2 Å². The number of para-hydroxylation sites is 1. The molecule has 2 aliphatic heterocycles. The summed E-state index contributed by atoms with van der Waals surface area (Å²) in [4.78, 5) is 41.6. The summed E-state index contributed by atoms with van der Waals surface area (Å²) in [5.41, 5.74) is 2.88. The predicted molar refractivity (Wildman–Crippen MR) is 114 cm³/mol. The first-order valence-electron chi connectivity index (χ1n) is 10.1. The lowest BCUT2D eigenvalue weighted by Gasteiger charge is -2.37. The number of carbonyl (C=O) groups is 2. The number of anilines is 2. The van der Waals surface area contributed by atoms with Crippen LogP contribution >= 0.6 is 0 Å². The first-order valence-corrected chi connectivity index (χ1v) is 10.1. The summed E-state index contributed by atoms with van der Waals surface area (Å²) in [5, 5.41) is 10.8. The predicted octanol–water partition coefficient (Wildman–Crippen LogP) is 2.60. The van der Waals surface area contributed by atoms with Gasteiger partial charge in [0.2, 0.25) is 11.8 Å². The number of piperazine rings is 1. The Balaban J connectivity index is 1.36. The fraction of sp³-hybridized carbons (Fsp3) is 0.364. The number of carbonyl (C=O) groups excluding carboxylic acids is 2. The Morgan fingerprint density at radius 2 is 1.70 bits per heavy atom. The van der Waals surface area contributed by atoms with E-state index in [0.29, 0.717) is 32.7 Å². The number of amides is 2. The maximum absolute atomic E-state index is 13.0. The second kappa shape index (κ2) is 8.14. The molecule has 30 heavy (non-hydrogen) atoms. The Morgan fingerprint density at radius 1 is 1.03 bits per heavy atom. The summed E-state index contributed by atoms with van der Waals surface area (Å²) >= 11 is 0. The number of hydrogen-bond donors (Lipinski definition) is 0. The van der Waals surface area contributed by atoms with Gasteiger partial charge < -0.3 is 14.7 Å². The molecule has 0 N–H and O–H groups in total. The molecule has 2 saturated heterocycles. The highest BCUT2D eigenvalue weighted by atomic mass is 16.6. The average molecular weight is 408 g/mol. The maximum Gasteiger partial charge on any atom is 0.269 e. The van der Waals surface area contributed by atoms with E-state index in [-0.39, 0.29) is 29.8 Å². The summed E-state index contributed by atoms with van der Waals surface area (Å²) in [6, 6.07) is 14.2. The van der Waals surface area contributed by atoms with Gasteiger partial charge >= 0.3 is 0 Å². The number of benzene rings is 2. The molecule has 0 unspecified atom stereocenters. The van der Waals surface area contributed by atoms with Crippen molar-refractivity contribution < 1.29 is 14.5 Å². The van der Waals surface area contributed by atoms with Crippen molar-refractivity contribution in [3.63, 3.8) is 0 Å². The lowest BCUT2D eigenvalue weighted by Crippen LogP contribution is -2.50. The molecule has 156 valence electrons. The van der Waals surface area contributed by atoms with Crippen LogP contribution < -0.4 is 9.80 Å². The Bertz CT molecular complexity index is 967. The van der Waals surface area contributed by atoms with Gasteiger partial charge in [-0.3, -0.25) is 19.7 Å². The molecule has 2 aromatic rings. The minimum absolute atomic E-state index is 0.00725. The standard InChI is InChI=1S/C22H24N4O4/c1-16-4-2-3-5-20(16)25-15-17(14-21(25)27)22(28)24-12-10-23(11-13-24)18-6-8-19(9-7-18)26(29)30/h2-9,17H,10-15H2,1H3/t17-/m0/s1. The number of nitro groups is 1. The van der Waals surface area contributed by atoms with Crippen molar-refractivity contribution in [1.29, 1.82) is 0 Å². The quantitative estimate of drug-likeness (QED) is 0.573. The molecule has 2 heterocycles. The van der Waals surface area contributed by atoms with Crippen molar-refractivity contribution in [1.82, 2.24) is 4.90 Å². The summed E-state index contributed by atoms with van der Waals surface area (Å²) in [7, 11) is 0. The largest absolute Gasteiger partial charge is 0.368 e. The van der Waals surface area contributed by atoms with Gasteiger partial charge in [-0.2, -0.15) is 0 Å². The highest BCUT2D eigenvalue weighted by molar-refractivity contribution is 6.00. The Morgan fingerprint density at radius 3 is 2.33 bits per heavy atom. The van der Waals surface area contributed by atoms with Gasteiger partial charge in [-0.1, -0.05) is 18.2 Å². The van der Waals surface area contributed by atoms with E-state index < -0.39 is 4.92 Å². The van der Waals surface area contributed by atoms with Gasteiger partial charge in [-0.25, -0.2) is 0 Å². The molecular weight excluding hydrogens is 384 g/mol. The number of nitrogens with zero attached hydrogens (tertiary/aromatic N) is 4. The third-order valence-electron chi connectivity index (χ3n) is 5.90. The van der Waals surface area contributed by atoms with Crippen molar-refractivity contribution in [2.75, 3.05) is 42.5 Å². The molecule has 0 saturated carbocycles. The molecule has 2 amide bonds. The molecule has 0 spiro atoms. The van der Waals surface area contributed by atoms with Crippen LogP contribution in [0.1, 0.15) is 12.0 Å². The SMILES string of the molecule is Cc1ccccc1N1C[C@@H](C(=O)N2CCN(c3ccc([N+](=O)[O-])cc3)CC2)CC1=O. The zero-order chi connectivity index (χ0) is 21.3. The number of hydrogen-bond acceptors (Lipinski definition) is 5. The fourth-order valence-electron chi connectivity index (χ4n) is 4.20. The molecule has 2 fully saturated rings. The average Bonchev–Trinajstić information content (AvgIpc) is 3.15. The van der Waals surface area contributed by atoms with Crippen LogP contribution in [0.25, 0.3) is 0 Å². The third-order valence-corrected chi connectivity index (χ3v) is 5.90. The van der Waals surface area contributed by atoms with Gasteiger partial charge in [0.15, 0.2) is 0 Å². The van der Waals surface area contributed by atoms with E-state index in [4.69, 9.17) is 0 Å². The van der Waals surface area contributed by atoms with E-state index in [2.05, 4.69) is 4.90 Å². The molecule has 8 heteroatoms. The van der Waals surface area contributed by atoms with Crippen LogP contribution in [0.4, 0.5) is 17.1 Å². The molecule has 4 rings (SSSR count). The Hall–Kier alpha value is -3.42. The molecule has 0 aromatic heterocycles. The number of rotatable bonds is 4. The minimum atomic E-state index is -0.413. The van der Waals surface area contributed by atoms with E-state index in [9.17, 15) is 19.7 Å². The maximum atomic E-state index is 13.0. The van der Waals surface area contributed by atoms with Crippen molar-refractivity contribution in [2.24, 2.45) is 5.92 Å².